The fourth-order valence-electron chi connectivity index (χ4n) is 1.72. The first-order chi connectivity index (χ1) is 8.82. The first-order valence-corrected chi connectivity index (χ1v) is 7.05. The number of hydrogen-bond donors (Lipinski definition) is 1. The van der Waals surface area contributed by atoms with E-state index in [1.165, 1.54) is 16.0 Å². The number of anilines is 1. The standard InChI is InChI=1S/C13H18N4OS/c1-5-17-11(18)8(9-7-19-12(14)15-9)6-10(16-17)13(2,3)4/h6-7H,5H2,1-4H3,(H2,14,15). The highest BCUT2D eigenvalue weighted by molar-refractivity contribution is 7.13. The fourth-order valence-corrected chi connectivity index (χ4v) is 2.28. The predicted molar refractivity (Wildman–Crippen MR) is 78.4 cm³/mol. The highest BCUT2D eigenvalue weighted by Gasteiger charge is 2.20. The summed E-state index contributed by atoms with van der Waals surface area (Å²) in [6.07, 6.45) is 0. The van der Waals surface area contributed by atoms with Crippen LogP contribution in [-0.4, -0.2) is 14.8 Å². The van der Waals surface area contributed by atoms with Crippen molar-refractivity contribution >= 4 is 16.5 Å². The lowest BCUT2D eigenvalue weighted by Gasteiger charge is -2.19. The average Bonchev–Trinajstić information content (AvgIpc) is 2.74. The van der Waals surface area contributed by atoms with Crippen LogP contribution in [0.4, 0.5) is 5.13 Å². The lowest BCUT2D eigenvalue weighted by molar-refractivity contribution is 0.512. The molecule has 0 aliphatic heterocycles. The van der Waals surface area contributed by atoms with Gasteiger partial charge in [0.2, 0.25) is 0 Å². The molecular weight excluding hydrogens is 260 g/mol. The number of aryl methyl sites for hydroxylation is 1. The van der Waals surface area contributed by atoms with Gasteiger partial charge in [-0.2, -0.15) is 5.10 Å². The molecule has 19 heavy (non-hydrogen) atoms. The van der Waals surface area contributed by atoms with Crippen LogP contribution in [0.3, 0.4) is 0 Å². The molecule has 0 radical (unpaired) electrons. The van der Waals surface area contributed by atoms with Crippen LogP contribution in [0.2, 0.25) is 0 Å². The molecule has 0 atom stereocenters. The molecule has 2 aromatic rings. The monoisotopic (exact) mass is 278 g/mol. The van der Waals surface area contributed by atoms with Crippen molar-refractivity contribution in [3.05, 3.63) is 27.5 Å². The Morgan fingerprint density at radius 1 is 1.42 bits per heavy atom. The Balaban J connectivity index is 2.69. The fraction of sp³-hybridized carbons (Fsp3) is 0.462. The molecule has 0 unspecified atom stereocenters. The Kier molecular flexibility index (Phi) is 3.45. The van der Waals surface area contributed by atoms with E-state index in [1.807, 2.05) is 13.0 Å². The number of nitrogens with two attached hydrogens (primary N) is 1. The van der Waals surface area contributed by atoms with Gasteiger partial charge in [0.05, 0.1) is 17.0 Å². The third kappa shape index (κ3) is 2.68. The zero-order valence-corrected chi connectivity index (χ0v) is 12.4. The van der Waals surface area contributed by atoms with Gasteiger partial charge in [-0.15, -0.1) is 11.3 Å². The minimum Gasteiger partial charge on any atom is -0.375 e. The van der Waals surface area contributed by atoms with Gasteiger partial charge in [0.15, 0.2) is 5.13 Å². The van der Waals surface area contributed by atoms with Gasteiger partial charge < -0.3 is 5.73 Å². The summed E-state index contributed by atoms with van der Waals surface area (Å²) in [5, 5.41) is 6.67. The van der Waals surface area contributed by atoms with Gasteiger partial charge in [0, 0.05) is 17.3 Å². The van der Waals surface area contributed by atoms with E-state index in [0.29, 0.717) is 22.9 Å². The highest BCUT2D eigenvalue weighted by Crippen LogP contribution is 2.25. The summed E-state index contributed by atoms with van der Waals surface area (Å²) in [6.45, 7) is 8.65. The number of thiazole rings is 1. The molecule has 0 saturated heterocycles. The first kappa shape index (κ1) is 13.7. The largest absolute Gasteiger partial charge is 0.375 e. The maximum absolute atomic E-state index is 12.3. The topological polar surface area (TPSA) is 73.8 Å². The summed E-state index contributed by atoms with van der Waals surface area (Å²) in [6, 6.07) is 1.82. The van der Waals surface area contributed by atoms with Gasteiger partial charge in [-0.1, -0.05) is 20.8 Å². The van der Waals surface area contributed by atoms with Gasteiger partial charge in [-0.25, -0.2) is 9.67 Å². The van der Waals surface area contributed by atoms with E-state index in [9.17, 15) is 4.79 Å². The molecule has 2 N–H and O–H groups in total. The summed E-state index contributed by atoms with van der Waals surface area (Å²) in [5.41, 5.74) is 7.46. The second-order valence-corrected chi connectivity index (χ2v) is 6.27. The molecule has 102 valence electrons. The summed E-state index contributed by atoms with van der Waals surface area (Å²) in [4.78, 5) is 16.5. The third-order valence-electron chi connectivity index (χ3n) is 2.84. The number of nitrogen functional groups attached to an aromatic ring is 1. The van der Waals surface area contributed by atoms with Crippen molar-refractivity contribution in [2.24, 2.45) is 0 Å². The molecule has 0 amide bonds. The maximum Gasteiger partial charge on any atom is 0.276 e. The maximum atomic E-state index is 12.3. The van der Waals surface area contributed by atoms with Crippen molar-refractivity contribution in [3.63, 3.8) is 0 Å². The molecule has 0 bridgehead atoms. The average molecular weight is 278 g/mol. The van der Waals surface area contributed by atoms with Crippen LogP contribution in [0.1, 0.15) is 33.4 Å². The van der Waals surface area contributed by atoms with Crippen LogP contribution in [0.5, 0.6) is 0 Å². The van der Waals surface area contributed by atoms with Gasteiger partial charge in [0.1, 0.15) is 0 Å². The number of nitrogens with zero attached hydrogens (tertiary/aromatic N) is 3. The van der Waals surface area contributed by atoms with E-state index in [1.54, 1.807) is 5.38 Å². The molecule has 5 nitrogen and oxygen atoms in total. The van der Waals surface area contributed by atoms with Crippen molar-refractivity contribution in [1.82, 2.24) is 14.8 Å². The lowest BCUT2D eigenvalue weighted by Crippen LogP contribution is -2.28. The van der Waals surface area contributed by atoms with Crippen LogP contribution in [0.25, 0.3) is 11.3 Å². The summed E-state index contributed by atoms with van der Waals surface area (Å²) < 4.78 is 1.48. The molecule has 0 fully saturated rings. The van der Waals surface area contributed by atoms with E-state index in [0.717, 1.165) is 5.69 Å². The van der Waals surface area contributed by atoms with Gasteiger partial charge >= 0.3 is 0 Å². The smallest absolute Gasteiger partial charge is 0.276 e. The Bertz CT molecular complexity index is 651. The number of aromatic nitrogens is 3. The zero-order valence-electron chi connectivity index (χ0n) is 11.6. The Morgan fingerprint density at radius 2 is 2.11 bits per heavy atom. The summed E-state index contributed by atoms with van der Waals surface area (Å²) in [7, 11) is 0. The zero-order chi connectivity index (χ0) is 14.2. The Hall–Kier alpha value is -1.69. The molecule has 2 heterocycles. The van der Waals surface area contributed by atoms with Crippen molar-refractivity contribution in [2.45, 2.75) is 39.7 Å². The molecule has 6 heteroatoms. The summed E-state index contributed by atoms with van der Waals surface area (Å²) >= 11 is 1.33. The minimum absolute atomic E-state index is 0.124. The lowest BCUT2D eigenvalue weighted by atomic mass is 9.91. The van der Waals surface area contributed by atoms with E-state index in [2.05, 4.69) is 30.9 Å². The van der Waals surface area contributed by atoms with Crippen LogP contribution < -0.4 is 11.3 Å². The van der Waals surface area contributed by atoms with E-state index < -0.39 is 0 Å². The molecule has 0 aliphatic carbocycles. The van der Waals surface area contributed by atoms with E-state index in [4.69, 9.17) is 5.73 Å². The molecule has 0 aliphatic rings. The van der Waals surface area contributed by atoms with Crippen molar-refractivity contribution in [2.75, 3.05) is 5.73 Å². The molecule has 0 aromatic carbocycles. The second kappa shape index (κ2) is 4.77. The number of rotatable bonds is 2. The Morgan fingerprint density at radius 3 is 2.58 bits per heavy atom. The van der Waals surface area contributed by atoms with Crippen LogP contribution >= 0.6 is 11.3 Å². The Labute approximate surface area is 116 Å². The molecule has 0 saturated carbocycles. The SMILES string of the molecule is CCn1nc(C(C)(C)C)cc(-c2csc(N)n2)c1=O. The van der Waals surface area contributed by atoms with Crippen LogP contribution in [0.15, 0.2) is 16.2 Å². The molecule has 2 aromatic heterocycles. The molecular formula is C13H18N4OS. The van der Waals surface area contributed by atoms with E-state index >= 15 is 0 Å². The number of hydrogen-bond acceptors (Lipinski definition) is 5. The van der Waals surface area contributed by atoms with Crippen molar-refractivity contribution < 1.29 is 0 Å². The van der Waals surface area contributed by atoms with Crippen molar-refractivity contribution in [3.8, 4) is 11.3 Å². The third-order valence-corrected chi connectivity index (χ3v) is 3.51. The minimum atomic E-state index is -0.124. The molecule has 0 spiro atoms. The normalized spacial score (nSPS) is 11.8. The van der Waals surface area contributed by atoms with Gasteiger partial charge in [-0.3, -0.25) is 4.79 Å². The second-order valence-electron chi connectivity index (χ2n) is 5.39. The van der Waals surface area contributed by atoms with Crippen molar-refractivity contribution in [1.29, 1.82) is 0 Å². The summed E-state index contributed by atoms with van der Waals surface area (Å²) in [5.74, 6) is 0. The van der Waals surface area contributed by atoms with Gasteiger partial charge in [-0.05, 0) is 13.0 Å². The van der Waals surface area contributed by atoms with Crippen LogP contribution in [-0.2, 0) is 12.0 Å². The van der Waals surface area contributed by atoms with E-state index in [-0.39, 0.29) is 11.0 Å². The van der Waals surface area contributed by atoms with Gasteiger partial charge in [0.25, 0.3) is 5.56 Å². The highest BCUT2D eigenvalue weighted by atomic mass is 32.1. The van der Waals surface area contributed by atoms with Crippen LogP contribution in [0, 0.1) is 0 Å². The first-order valence-electron chi connectivity index (χ1n) is 6.17. The molecule has 2 rings (SSSR count). The quantitative estimate of drug-likeness (QED) is 0.914. The predicted octanol–water partition coefficient (Wildman–Crippen LogP) is 2.27.